The van der Waals surface area contributed by atoms with Crippen molar-refractivity contribution in [3.05, 3.63) is 11.5 Å². The van der Waals surface area contributed by atoms with Gasteiger partial charge < -0.3 is 29.8 Å². The first-order chi connectivity index (χ1) is 24.3. The van der Waals surface area contributed by atoms with Gasteiger partial charge in [-0.15, -0.1) is 0 Å². The summed E-state index contributed by atoms with van der Waals surface area (Å²) < 4.78 is 18.4. The molecule has 290 valence electrons. The van der Waals surface area contributed by atoms with Crippen molar-refractivity contribution in [2.75, 3.05) is 18.9 Å². The van der Waals surface area contributed by atoms with E-state index in [1.807, 2.05) is 13.8 Å². The topological polar surface area (TPSA) is 161 Å². The van der Waals surface area contributed by atoms with Gasteiger partial charge in [-0.25, -0.2) is 14.6 Å². The number of halogens is 1. The molecule has 0 aliphatic rings. The summed E-state index contributed by atoms with van der Waals surface area (Å²) in [5.41, 5.74) is 6.00. The van der Waals surface area contributed by atoms with Crippen LogP contribution in [0.15, 0.2) is 6.33 Å². The molecule has 0 aliphatic heterocycles. The highest BCUT2D eigenvalue weighted by atomic mass is 35.5. The largest absolute Gasteiger partial charge is 0.465 e. The maximum atomic E-state index is 13.0. The SMILES string of the molecule is CCCCCCCCCCCCCCCCCC(=O)OC[C@H](CCOC(=O)[C@@H](NC(=O)OC(C)(C)C)C(C)C)Cn1cnc2c(Cl)nc(N)nc21. The highest BCUT2D eigenvalue weighted by molar-refractivity contribution is 6.33. The van der Waals surface area contributed by atoms with E-state index in [-0.39, 0.29) is 42.1 Å². The standard InChI is InChI=1S/C38H65ClN6O6/c1-7-8-9-10-11-12-13-14-15-16-17-18-19-20-21-22-30(46)50-26-29(25-45-27-41-32-33(39)43-36(40)44-34(32)45)23-24-49-35(47)31(28(2)3)42-37(48)51-38(4,5)6/h27-29,31H,7-26H2,1-6H3,(H,42,48)(H2,40,43,44)/t29-,31+/m1/s1. The van der Waals surface area contributed by atoms with Crippen molar-refractivity contribution in [3.63, 3.8) is 0 Å². The Kier molecular flexibility index (Phi) is 20.8. The van der Waals surface area contributed by atoms with Gasteiger partial charge in [-0.1, -0.05) is 122 Å². The van der Waals surface area contributed by atoms with Crippen LogP contribution in [0.1, 0.15) is 151 Å². The van der Waals surface area contributed by atoms with E-state index in [1.165, 1.54) is 77.0 Å². The lowest BCUT2D eigenvalue weighted by Crippen LogP contribution is -2.47. The van der Waals surface area contributed by atoms with Crippen LogP contribution in [0.2, 0.25) is 5.15 Å². The van der Waals surface area contributed by atoms with Crippen molar-refractivity contribution in [1.29, 1.82) is 0 Å². The zero-order chi connectivity index (χ0) is 37.6. The van der Waals surface area contributed by atoms with E-state index < -0.39 is 23.7 Å². The third-order valence-corrected chi connectivity index (χ3v) is 8.98. The van der Waals surface area contributed by atoms with E-state index in [0.29, 0.717) is 30.6 Å². The molecule has 12 nitrogen and oxygen atoms in total. The number of aromatic nitrogens is 4. The Balaban J connectivity index is 1.80. The minimum absolute atomic E-state index is 0.0202. The summed E-state index contributed by atoms with van der Waals surface area (Å²) in [6.07, 6.45) is 20.6. The predicted octanol–water partition coefficient (Wildman–Crippen LogP) is 8.97. The quantitative estimate of drug-likeness (QED) is 0.0413. The minimum atomic E-state index is -0.884. The first kappa shape index (κ1) is 44.0. The number of imidazole rings is 1. The van der Waals surface area contributed by atoms with Gasteiger partial charge in [0, 0.05) is 18.9 Å². The number of amides is 1. The Morgan fingerprint density at radius 1 is 0.882 bits per heavy atom. The molecule has 1 amide bonds. The van der Waals surface area contributed by atoms with E-state index >= 15 is 0 Å². The maximum absolute atomic E-state index is 13.0. The lowest BCUT2D eigenvalue weighted by molar-refractivity contribution is -0.150. The summed E-state index contributed by atoms with van der Waals surface area (Å²) in [7, 11) is 0. The highest BCUT2D eigenvalue weighted by Crippen LogP contribution is 2.22. The van der Waals surface area contributed by atoms with Gasteiger partial charge in [0.15, 0.2) is 10.8 Å². The van der Waals surface area contributed by atoms with Gasteiger partial charge in [-0.3, -0.25) is 4.79 Å². The van der Waals surface area contributed by atoms with Crippen molar-refractivity contribution < 1.29 is 28.6 Å². The summed E-state index contributed by atoms with van der Waals surface area (Å²) in [5.74, 6) is -1.27. The van der Waals surface area contributed by atoms with Gasteiger partial charge in [0.05, 0.1) is 19.5 Å². The van der Waals surface area contributed by atoms with Crippen LogP contribution in [0.5, 0.6) is 0 Å². The molecule has 51 heavy (non-hydrogen) atoms. The lowest BCUT2D eigenvalue weighted by atomic mass is 10.0. The van der Waals surface area contributed by atoms with Gasteiger partial charge in [0.1, 0.15) is 17.2 Å². The average Bonchev–Trinajstić information content (AvgIpc) is 3.45. The van der Waals surface area contributed by atoms with Crippen LogP contribution < -0.4 is 11.1 Å². The predicted molar refractivity (Wildman–Crippen MR) is 202 cm³/mol. The van der Waals surface area contributed by atoms with Crippen LogP contribution in [0.3, 0.4) is 0 Å². The normalized spacial score (nSPS) is 12.9. The summed E-state index contributed by atoms with van der Waals surface area (Å²) >= 11 is 6.22. The molecule has 0 fully saturated rings. The Hall–Kier alpha value is -3.15. The zero-order valence-corrected chi connectivity index (χ0v) is 32.9. The Morgan fingerprint density at radius 2 is 1.45 bits per heavy atom. The molecule has 0 saturated carbocycles. The molecule has 2 atom stereocenters. The molecule has 2 rings (SSSR count). The molecule has 0 aromatic carbocycles. The second-order valence-corrected chi connectivity index (χ2v) is 15.4. The number of carbonyl (C=O) groups is 3. The summed E-state index contributed by atoms with van der Waals surface area (Å²) in [5, 5.41) is 2.76. The smallest absolute Gasteiger partial charge is 0.408 e. The minimum Gasteiger partial charge on any atom is -0.465 e. The number of unbranched alkanes of at least 4 members (excludes halogenated alkanes) is 14. The molecule has 3 N–H and O–H groups in total. The van der Waals surface area contributed by atoms with Crippen LogP contribution in [-0.4, -0.2) is 62.4 Å². The number of nitrogens with one attached hydrogen (secondary N) is 1. The first-order valence-corrected chi connectivity index (χ1v) is 19.6. The van der Waals surface area contributed by atoms with Crippen LogP contribution in [0, 0.1) is 11.8 Å². The highest BCUT2D eigenvalue weighted by Gasteiger charge is 2.28. The molecule has 13 heteroatoms. The molecular formula is C38H65ClN6O6. The van der Waals surface area contributed by atoms with Crippen molar-refractivity contribution in [3.8, 4) is 0 Å². The molecule has 2 heterocycles. The van der Waals surface area contributed by atoms with Crippen LogP contribution in [0.25, 0.3) is 11.2 Å². The van der Waals surface area contributed by atoms with Crippen molar-refractivity contribution >= 4 is 46.7 Å². The zero-order valence-electron chi connectivity index (χ0n) is 32.1. The number of esters is 2. The van der Waals surface area contributed by atoms with Crippen LogP contribution in [0.4, 0.5) is 10.7 Å². The van der Waals surface area contributed by atoms with Crippen molar-refractivity contribution in [2.45, 2.75) is 169 Å². The number of hydrogen-bond donors (Lipinski definition) is 2. The monoisotopic (exact) mass is 736 g/mol. The Morgan fingerprint density at radius 3 is 2.00 bits per heavy atom. The summed E-state index contributed by atoms with van der Waals surface area (Å²) in [6, 6.07) is -0.884. The number of nitrogen functional groups attached to an aromatic ring is 1. The number of carbonyl (C=O) groups excluding carboxylic acids is 3. The fraction of sp³-hybridized carbons (Fsp3) is 0.789. The van der Waals surface area contributed by atoms with E-state index in [4.69, 9.17) is 31.5 Å². The third kappa shape index (κ3) is 18.8. The van der Waals surface area contributed by atoms with Gasteiger partial charge >= 0.3 is 18.0 Å². The van der Waals surface area contributed by atoms with Crippen LogP contribution >= 0.6 is 11.6 Å². The van der Waals surface area contributed by atoms with Crippen LogP contribution in [-0.2, 0) is 30.3 Å². The lowest BCUT2D eigenvalue weighted by Gasteiger charge is -2.25. The number of ether oxygens (including phenoxy) is 3. The number of hydrogen-bond acceptors (Lipinski definition) is 10. The van der Waals surface area contributed by atoms with Gasteiger partial charge in [-0.2, -0.15) is 9.97 Å². The fourth-order valence-corrected chi connectivity index (χ4v) is 6.06. The van der Waals surface area contributed by atoms with Gasteiger partial charge in [-0.05, 0) is 39.5 Å². The number of fused-ring (bicyclic) bond motifs is 1. The molecule has 0 saturated heterocycles. The molecule has 2 aromatic rings. The second-order valence-electron chi connectivity index (χ2n) is 15.0. The molecule has 0 radical (unpaired) electrons. The molecule has 0 unspecified atom stereocenters. The third-order valence-electron chi connectivity index (χ3n) is 8.72. The van der Waals surface area contributed by atoms with Gasteiger partial charge in [0.25, 0.3) is 0 Å². The van der Waals surface area contributed by atoms with E-state index in [9.17, 15) is 14.4 Å². The summed E-state index contributed by atoms with van der Waals surface area (Å²) in [6.45, 7) is 11.7. The molecule has 0 aliphatic carbocycles. The van der Waals surface area contributed by atoms with Crippen molar-refractivity contribution in [2.24, 2.45) is 11.8 Å². The second kappa shape index (κ2) is 24.2. The molecule has 0 spiro atoms. The van der Waals surface area contributed by atoms with E-state index in [0.717, 1.165) is 19.3 Å². The average molecular weight is 737 g/mol. The summed E-state index contributed by atoms with van der Waals surface area (Å²) in [4.78, 5) is 50.6. The number of anilines is 1. The number of rotatable bonds is 26. The first-order valence-electron chi connectivity index (χ1n) is 19.3. The molecule has 2 aromatic heterocycles. The van der Waals surface area contributed by atoms with Gasteiger partial charge in [0.2, 0.25) is 5.95 Å². The van der Waals surface area contributed by atoms with E-state index in [2.05, 4.69) is 27.2 Å². The Labute approximate surface area is 310 Å². The number of alkyl carbamates (subject to hydrolysis) is 1. The number of nitrogens with two attached hydrogens (primary N) is 1. The number of nitrogens with zero attached hydrogens (tertiary/aromatic N) is 4. The molecular weight excluding hydrogens is 672 g/mol. The van der Waals surface area contributed by atoms with E-state index in [1.54, 1.807) is 31.7 Å². The maximum Gasteiger partial charge on any atom is 0.408 e. The fourth-order valence-electron chi connectivity index (χ4n) is 5.84. The molecule has 0 bridgehead atoms. The Bertz CT molecular complexity index is 1310. The van der Waals surface area contributed by atoms with Crippen molar-refractivity contribution in [1.82, 2.24) is 24.8 Å².